The summed E-state index contributed by atoms with van der Waals surface area (Å²) in [6.07, 6.45) is 2.98. The maximum Gasteiger partial charge on any atom is 0.191 e. The number of hydrogen-bond donors (Lipinski definition) is 2. The summed E-state index contributed by atoms with van der Waals surface area (Å²) in [5, 5.41) is 6.67. The molecule has 5 nitrogen and oxygen atoms in total. The topological polar surface area (TPSA) is 70.6 Å². The van der Waals surface area contributed by atoms with Gasteiger partial charge in [0, 0.05) is 19.1 Å². The molecule has 0 aliphatic carbocycles. The Balaban J connectivity index is 0.00000484. The molecule has 2 unspecified atom stereocenters. The molecule has 2 N–H and O–H groups in total. The molecule has 0 radical (unpaired) electrons. The molecule has 7 heteroatoms. The highest BCUT2D eigenvalue weighted by Gasteiger charge is 2.27. The van der Waals surface area contributed by atoms with Gasteiger partial charge in [0.15, 0.2) is 15.8 Å². The molecule has 0 aromatic carbocycles. The van der Waals surface area contributed by atoms with Gasteiger partial charge in [-0.05, 0) is 44.4 Å². The number of halogens is 1. The second-order valence-electron chi connectivity index (χ2n) is 7.63. The number of guanidine groups is 1. The quantitative estimate of drug-likeness (QED) is 0.364. The van der Waals surface area contributed by atoms with Crippen LogP contribution in [0.4, 0.5) is 0 Å². The molecule has 1 aliphatic heterocycles. The third-order valence-corrected chi connectivity index (χ3v) is 5.73. The van der Waals surface area contributed by atoms with Crippen LogP contribution in [0.5, 0.6) is 0 Å². The van der Waals surface area contributed by atoms with Crippen LogP contribution in [0, 0.1) is 11.3 Å². The van der Waals surface area contributed by atoms with Crippen molar-refractivity contribution in [3.63, 3.8) is 0 Å². The molecule has 2 atom stereocenters. The van der Waals surface area contributed by atoms with Crippen LogP contribution in [-0.2, 0) is 9.84 Å². The number of nitrogens with zero attached hydrogens (tertiary/aromatic N) is 1. The first-order valence-corrected chi connectivity index (χ1v) is 10.2. The second-order valence-corrected chi connectivity index (χ2v) is 9.86. The summed E-state index contributed by atoms with van der Waals surface area (Å²) in [6, 6.07) is 0.351. The molecule has 23 heavy (non-hydrogen) atoms. The van der Waals surface area contributed by atoms with Crippen molar-refractivity contribution in [2.45, 2.75) is 59.9 Å². The molecule has 1 fully saturated rings. The summed E-state index contributed by atoms with van der Waals surface area (Å²) in [5.74, 6) is 1.58. The fraction of sp³-hybridized carbons (Fsp3) is 0.938. The van der Waals surface area contributed by atoms with E-state index in [0.717, 1.165) is 31.8 Å². The molecule has 1 aliphatic rings. The van der Waals surface area contributed by atoms with Crippen LogP contribution in [0.2, 0.25) is 0 Å². The van der Waals surface area contributed by atoms with Gasteiger partial charge in [-0.1, -0.05) is 20.8 Å². The van der Waals surface area contributed by atoms with E-state index < -0.39 is 9.84 Å². The van der Waals surface area contributed by atoms with Crippen LogP contribution in [0.1, 0.15) is 53.9 Å². The minimum absolute atomic E-state index is 0. The van der Waals surface area contributed by atoms with Gasteiger partial charge in [-0.2, -0.15) is 0 Å². The van der Waals surface area contributed by atoms with Crippen LogP contribution >= 0.6 is 24.0 Å². The molecule has 1 rings (SSSR count). The van der Waals surface area contributed by atoms with Gasteiger partial charge in [-0.15, -0.1) is 24.0 Å². The minimum atomic E-state index is -2.81. The van der Waals surface area contributed by atoms with Crippen LogP contribution in [0.15, 0.2) is 4.99 Å². The summed E-state index contributed by atoms with van der Waals surface area (Å²) in [4.78, 5) is 4.58. The van der Waals surface area contributed by atoms with Crippen molar-refractivity contribution >= 4 is 39.8 Å². The first-order chi connectivity index (χ1) is 10.1. The van der Waals surface area contributed by atoms with Crippen molar-refractivity contribution in [3.05, 3.63) is 0 Å². The lowest BCUT2D eigenvalue weighted by Crippen LogP contribution is -2.42. The highest BCUT2D eigenvalue weighted by Crippen LogP contribution is 2.21. The summed E-state index contributed by atoms with van der Waals surface area (Å²) in [5.41, 5.74) is 0.337. The lowest BCUT2D eigenvalue weighted by Gasteiger charge is -2.23. The van der Waals surface area contributed by atoms with Crippen LogP contribution in [0.3, 0.4) is 0 Å². The van der Waals surface area contributed by atoms with Gasteiger partial charge in [0.2, 0.25) is 0 Å². The maximum atomic E-state index is 11.5. The minimum Gasteiger partial charge on any atom is -0.357 e. The predicted octanol–water partition coefficient (Wildman–Crippen LogP) is 2.81. The highest BCUT2D eigenvalue weighted by atomic mass is 127. The largest absolute Gasteiger partial charge is 0.357 e. The number of rotatable bonds is 6. The summed E-state index contributed by atoms with van der Waals surface area (Å²) in [7, 11) is -2.81. The van der Waals surface area contributed by atoms with Crippen LogP contribution in [0.25, 0.3) is 0 Å². The number of aliphatic imine (C=N–C) groups is 1. The second kappa shape index (κ2) is 10.1. The zero-order chi connectivity index (χ0) is 16.8. The van der Waals surface area contributed by atoms with E-state index in [0.29, 0.717) is 23.8 Å². The van der Waals surface area contributed by atoms with E-state index in [1.165, 1.54) is 0 Å². The van der Waals surface area contributed by atoms with E-state index >= 15 is 0 Å². The zero-order valence-corrected chi connectivity index (χ0v) is 18.3. The molecule has 138 valence electrons. The standard InChI is InChI=1S/C16H33N3O2S.HI/c1-6-17-15(19-13(2)7-9-16(3,4)5)18-11-14-8-10-22(20,21)12-14;/h13-14H,6-12H2,1-5H3,(H2,17,18,19);1H. The van der Waals surface area contributed by atoms with E-state index in [1.807, 2.05) is 6.92 Å². The van der Waals surface area contributed by atoms with Gasteiger partial charge < -0.3 is 10.6 Å². The fourth-order valence-electron chi connectivity index (χ4n) is 2.51. The molecular formula is C16H34IN3O2S. The Morgan fingerprint density at radius 1 is 1.35 bits per heavy atom. The third kappa shape index (κ3) is 10.4. The van der Waals surface area contributed by atoms with Gasteiger partial charge in [-0.25, -0.2) is 8.42 Å². The zero-order valence-electron chi connectivity index (χ0n) is 15.2. The van der Waals surface area contributed by atoms with Crippen molar-refractivity contribution in [1.82, 2.24) is 10.6 Å². The normalized spacial score (nSPS) is 22.3. The van der Waals surface area contributed by atoms with Crippen molar-refractivity contribution in [2.75, 3.05) is 24.6 Å². The molecular weight excluding hydrogens is 425 g/mol. The maximum absolute atomic E-state index is 11.5. The number of nitrogens with one attached hydrogen (secondary N) is 2. The Kier molecular flexibility index (Phi) is 10.0. The Bertz CT molecular complexity index is 472. The molecule has 0 amide bonds. The van der Waals surface area contributed by atoms with Gasteiger partial charge >= 0.3 is 0 Å². The van der Waals surface area contributed by atoms with E-state index in [4.69, 9.17) is 0 Å². The molecule has 0 bridgehead atoms. The molecule has 1 heterocycles. The summed E-state index contributed by atoms with van der Waals surface area (Å²) >= 11 is 0. The van der Waals surface area contributed by atoms with E-state index in [2.05, 4.69) is 43.3 Å². The van der Waals surface area contributed by atoms with Crippen molar-refractivity contribution in [3.8, 4) is 0 Å². The van der Waals surface area contributed by atoms with Crippen molar-refractivity contribution in [1.29, 1.82) is 0 Å². The molecule has 0 aromatic heterocycles. The number of sulfone groups is 1. The average molecular weight is 459 g/mol. The van der Waals surface area contributed by atoms with E-state index in [9.17, 15) is 8.42 Å². The average Bonchev–Trinajstić information content (AvgIpc) is 2.73. The number of hydrogen-bond acceptors (Lipinski definition) is 3. The van der Waals surface area contributed by atoms with E-state index in [-0.39, 0.29) is 35.6 Å². The van der Waals surface area contributed by atoms with Crippen molar-refractivity contribution in [2.24, 2.45) is 16.3 Å². The van der Waals surface area contributed by atoms with Gasteiger partial charge in [-0.3, -0.25) is 4.99 Å². The van der Waals surface area contributed by atoms with Crippen LogP contribution in [-0.4, -0.2) is 45.0 Å². The van der Waals surface area contributed by atoms with Gasteiger partial charge in [0.25, 0.3) is 0 Å². The Morgan fingerprint density at radius 2 is 2.00 bits per heavy atom. The predicted molar refractivity (Wildman–Crippen MR) is 109 cm³/mol. The Hall–Kier alpha value is -0.0500. The fourth-order valence-corrected chi connectivity index (χ4v) is 4.36. The van der Waals surface area contributed by atoms with Gasteiger partial charge in [0.1, 0.15) is 0 Å². The third-order valence-electron chi connectivity index (χ3n) is 3.89. The molecule has 1 saturated heterocycles. The van der Waals surface area contributed by atoms with Crippen molar-refractivity contribution < 1.29 is 8.42 Å². The smallest absolute Gasteiger partial charge is 0.191 e. The lowest BCUT2D eigenvalue weighted by molar-refractivity contribution is 0.346. The molecule has 0 aromatic rings. The van der Waals surface area contributed by atoms with Crippen LogP contribution < -0.4 is 10.6 Å². The van der Waals surface area contributed by atoms with E-state index in [1.54, 1.807) is 0 Å². The SMILES string of the molecule is CCNC(=NCC1CCS(=O)(=O)C1)NC(C)CCC(C)(C)C.I. The lowest BCUT2D eigenvalue weighted by atomic mass is 9.89. The Morgan fingerprint density at radius 3 is 2.48 bits per heavy atom. The first kappa shape index (κ1) is 22.9. The molecule has 0 spiro atoms. The Labute approximate surface area is 159 Å². The molecule has 0 saturated carbocycles. The monoisotopic (exact) mass is 459 g/mol. The first-order valence-electron chi connectivity index (χ1n) is 8.36. The van der Waals surface area contributed by atoms with Gasteiger partial charge in [0.05, 0.1) is 11.5 Å². The highest BCUT2D eigenvalue weighted by molar-refractivity contribution is 14.0. The summed E-state index contributed by atoms with van der Waals surface area (Å²) in [6.45, 7) is 12.3. The summed E-state index contributed by atoms with van der Waals surface area (Å²) < 4.78 is 23.0.